The molecule has 0 radical (unpaired) electrons. The number of likely N-dealkylation sites (tertiary alicyclic amines) is 1. The van der Waals surface area contributed by atoms with Gasteiger partial charge in [-0.1, -0.05) is 11.6 Å². The lowest BCUT2D eigenvalue weighted by Crippen LogP contribution is -2.31. The van der Waals surface area contributed by atoms with E-state index < -0.39 is 0 Å². The highest BCUT2D eigenvalue weighted by Gasteiger charge is 2.34. The van der Waals surface area contributed by atoms with Crippen molar-refractivity contribution in [2.75, 3.05) is 13.7 Å². The minimum absolute atomic E-state index is 0.0770. The molecule has 1 aromatic carbocycles. The van der Waals surface area contributed by atoms with E-state index in [0.717, 1.165) is 29.7 Å². The summed E-state index contributed by atoms with van der Waals surface area (Å²) < 4.78 is 5.37. The molecule has 0 bridgehead atoms. The lowest BCUT2D eigenvalue weighted by Gasteiger charge is -2.25. The Kier molecular flexibility index (Phi) is 4.81. The minimum Gasteiger partial charge on any atom is -0.496 e. The highest BCUT2D eigenvalue weighted by Crippen LogP contribution is 2.38. The number of nitrogens with one attached hydrogen (secondary N) is 1. The van der Waals surface area contributed by atoms with E-state index in [1.54, 1.807) is 43.9 Å². The van der Waals surface area contributed by atoms with Crippen LogP contribution in [0.15, 0.2) is 48.9 Å². The second-order valence-electron chi connectivity index (χ2n) is 6.43. The maximum atomic E-state index is 13.3. The Hall–Kier alpha value is -2.86. The Morgan fingerprint density at radius 2 is 2.11 bits per heavy atom. The van der Waals surface area contributed by atoms with Gasteiger partial charge in [0.05, 0.1) is 30.6 Å². The highest BCUT2D eigenvalue weighted by molar-refractivity contribution is 6.31. The van der Waals surface area contributed by atoms with Crippen LogP contribution in [0.25, 0.3) is 11.1 Å². The van der Waals surface area contributed by atoms with Gasteiger partial charge in [-0.05, 0) is 48.7 Å². The van der Waals surface area contributed by atoms with Gasteiger partial charge in [-0.3, -0.25) is 14.9 Å². The summed E-state index contributed by atoms with van der Waals surface area (Å²) in [6.07, 6.45) is 7.09. The first-order valence-electron chi connectivity index (χ1n) is 8.77. The number of aromatic amines is 1. The Morgan fingerprint density at radius 3 is 2.89 bits per heavy atom. The van der Waals surface area contributed by atoms with Crippen LogP contribution in [0.1, 0.15) is 34.9 Å². The average Bonchev–Trinajstić information content (AvgIpc) is 3.37. The molecule has 3 heterocycles. The summed E-state index contributed by atoms with van der Waals surface area (Å²) >= 11 is 6.12. The smallest absolute Gasteiger partial charge is 0.258 e. The van der Waals surface area contributed by atoms with E-state index in [1.165, 1.54) is 0 Å². The van der Waals surface area contributed by atoms with E-state index in [2.05, 4.69) is 15.2 Å². The van der Waals surface area contributed by atoms with Crippen molar-refractivity contribution in [2.24, 2.45) is 0 Å². The molecular weight excluding hydrogens is 364 g/mol. The molecule has 1 atom stereocenters. The van der Waals surface area contributed by atoms with E-state index in [0.29, 0.717) is 22.9 Å². The summed E-state index contributed by atoms with van der Waals surface area (Å²) in [5, 5.41) is 7.84. The number of pyridine rings is 1. The maximum Gasteiger partial charge on any atom is 0.258 e. The van der Waals surface area contributed by atoms with E-state index in [9.17, 15) is 4.79 Å². The number of carbonyl (C=O) groups excluding carboxylic acids is 1. The molecule has 1 amide bonds. The zero-order valence-corrected chi connectivity index (χ0v) is 15.6. The fraction of sp³-hybridized carbons (Fsp3) is 0.250. The molecule has 7 heteroatoms. The Bertz CT molecular complexity index is 958. The monoisotopic (exact) mass is 382 g/mol. The SMILES string of the molecule is COc1ccc(Cl)cc1C(=O)N1CCC[C@H]1c1[nH]ncc1-c1ccncc1. The molecule has 3 aromatic rings. The fourth-order valence-corrected chi connectivity index (χ4v) is 3.80. The molecule has 1 saturated heterocycles. The van der Waals surface area contributed by atoms with E-state index in [4.69, 9.17) is 16.3 Å². The molecule has 0 aliphatic carbocycles. The molecule has 27 heavy (non-hydrogen) atoms. The minimum atomic E-state index is -0.0906. The summed E-state index contributed by atoms with van der Waals surface area (Å²) in [4.78, 5) is 19.2. The average molecular weight is 383 g/mol. The number of halogens is 1. The number of methoxy groups -OCH3 is 1. The molecule has 138 valence electrons. The maximum absolute atomic E-state index is 13.3. The van der Waals surface area contributed by atoms with Gasteiger partial charge in [0, 0.05) is 29.5 Å². The second-order valence-corrected chi connectivity index (χ2v) is 6.87. The second kappa shape index (κ2) is 7.40. The number of carbonyl (C=O) groups is 1. The number of benzene rings is 1. The number of H-pyrrole nitrogens is 1. The summed E-state index contributed by atoms with van der Waals surface area (Å²) in [6, 6.07) is 8.90. The zero-order valence-electron chi connectivity index (χ0n) is 14.9. The van der Waals surface area contributed by atoms with Gasteiger partial charge < -0.3 is 9.64 Å². The number of rotatable bonds is 4. The first-order valence-corrected chi connectivity index (χ1v) is 9.15. The van der Waals surface area contributed by atoms with Crippen molar-refractivity contribution in [1.29, 1.82) is 0 Å². The van der Waals surface area contributed by atoms with Crippen LogP contribution in [-0.2, 0) is 0 Å². The number of ether oxygens (including phenoxy) is 1. The van der Waals surface area contributed by atoms with Gasteiger partial charge in [-0.15, -0.1) is 0 Å². The quantitative estimate of drug-likeness (QED) is 0.737. The van der Waals surface area contributed by atoms with Gasteiger partial charge >= 0.3 is 0 Å². The lowest BCUT2D eigenvalue weighted by molar-refractivity contribution is 0.0730. The van der Waals surface area contributed by atoms with Crippen molar-refractivity contribution in [3.63, 3.8) is 0 Å². The highest BCUT2D eigenvalue weighted by atomic mass is 35.5. The molecule has 0 saturated carbocycles. The van der Waals surface area contributed by atoms with Crippen LogP contribution in [0.3, 0.4) is 0 Å². The normalized spacial score (nSPS) is 16.5. The van der Waals surface area contributed by atoms with Crippen molar-refractivity contribution >= 4 is 17.5 Å². The standard InChI is InChI=1S/C20H19ClN4O2/c1-27-18-5-4-14(21)11-15(18)20(26)25-10-2-3-17(25)19-16(12-23-24-19)13-6-8-22-9-7-13/h4-9,11-12,17H,2-3,10H2,1H3,(H,23,24)/t17-/m0/s1. The number of hydrogen-bond acceptors (Lipinski definition) is 4. The van der Waals surface area contributed by atoms with Crippen molar-refractivity contribution in [2.45, 2.75) is 18.9 Å². The van der Waals surface area contributed by atoms with Gasteiger partial charge in [0.25, 0.3) is 5.91 Å². The van der Waals surface area contributed by atoms with Gasteiger partial charge in [0.15, 0.2) is 0 Å². The van der Waals surface area contributed by atoms with Crippen LogP contribution >= 0.6 is 11.6 Å². The predicted octanol–water partition coefficient (Wildman–Crippen LogP) is 4.11. The number of hydrogen-bond donors (Lipinski definition) is 1. The van der Waals surface area contributed by atoms with Crippen LogP contribution in [-0.4, -0.2) is 39.6 Å². The van der Waals surface area contributed by atoms with Crippen molar-refractivity contribution in [3.8, 4) is 16.9 Å². The predicted molar refractivity (Wildman–Crippen MR) is 103 cm³/mol. The third-order valence-electron chi connectivity index (χ3n) is 4.90. The summed E-state index contributed by atoms with van der Waals surface area (Å²) in [5.41, 5.74) is 3.42. The molecule has 2 aromatic heterocycles. The van der Waals surface area contributed by atoms with Crippen LogP contribution in [0, 0.1) is 0 Å². The van der Waals surface area contributed by atoms with E-state index >= 15 is 0 Å². The molecular formula is C20H19ClN4O2. The van der Waals surface area contributed by atoms with Crippen molar-refractivity contribution in [1.82, 2.24) is 20.1 Å². The first-order chi connectivity index (χ1) is 13.2. The third-order valence-corrected chi connectivity index (χ3v) is 5.13. The Balaban J connectivity index is 1.69. The molecule has 0 unspecified atom stereocenters. The number of aromatic nitrogens is 3. The molecule has 4 rings (SSSR count). The third kappa shape index (κ3) is 3.28. The van der Waals surface area contributed by atoms with Crippen LogP contribution < -0.4 is 4.74 Å². The van der Waals surface area contributed by atoms with Gasteiger partial charge in [0.2, 0.25) is 0 Å². The number of nitrogens with zero attached hydrogens (tertiary/aromatic N) is 3. The fourth-order valence-electron chi connectivity index (χ4n) is 3.62. The van der Waals surface area contributed by atoms with Gasteiger partial charge in [0.1, 0.15) is 5.75 Å². The van der Waals surface area contributed by atoms with Crippen molar-refractivity contribution in [3.05, 3.63) is 65.2 Å². The van der Waals surface area contributed by atoms with E-state index in [-0.39, 0.29) is 11.9 Å². The molecule has 1 fully saturated rings. The zero-order chi connectivity index (χ0) is 18.8. The Labute approximate surface area is 162 Å². The molecule has 0 spiro atoms. The Morgan fingerprint density at radius 1 is 1.30 bits per heavy atom. The topological polar surface area (TPSA) is 71.1 Å². The molecule has 6 nitrogen and oxygen atoms in total. The molecule has 1 N–H and O–H groups in total. The number of amides is 1. The summed E-state index contributed by atoms with van der Waals surface area (Å²) in [7, 11) is 1.55. The van der Waals surface area contributed by atoms with Gasteiger partial charge in [-0.25, -0.2) is 0 Å². The van der Waals surface area contributed by atoms with Crippen LogP contribution in [0.5, 0.6) is 5.75 Å². The van der Waals surface area contributed by atoms with Gasteiger partial charge in [-0.2, -0.15) is 5.10 Å². The van der Waals surface area contributed by atoms with Crippen LogP contribution in [0.4, 0.5) is 0 Å². The van der Waals surface area contributed by atoms with Crippen LogP contribution in [0.2, 0.25) is 5.02 Å². The molecule has 1 aliphatic rings. The largest absolute Gasteiger partial charge is 0.496 e. The molecule has 1 aliphatic heterocycles. The first kappa shape index (κ1) is 17.5. The van der Waals surface area contributed by atoms with Crippen molar-refractivity contribution < 1.29 is 9.53 Å². The lowest BCUT2D eigenvalue weighted by atomic mass is 10.0. The summed E-state index contributed by atoms with van der Waals surface area (Å²) in [5.74, 6) is 0.432. The van der Waals surface area contributed by atoms with E-state index in [1.807, 2.05) is 17.0 Å². The summed E-state index contributed by atoms with van der Waals surface area (Å²) in [6.45, 7) is 0.675.